The van der Waals surface area contributed by atoms with Crippen molar-refractivity contribution in [2.75, 3.05) is 7.11 Å². The summed E-state index contributed by atoms with van der Waals surface area (Å²) in [5, 5.41) is 9.22. The van der Waals surface area contributed by atoms with Crippen molar-refractivity contribution < 1.29 is 13.9 Å². The summed E-state index contributed by atoms with van der Waals surface area (Å²) >= 11 is 1.60. The summed E-state index contributed by atoms with van der Waals surface area (Å²) in [6, 6.07) is 13.5. The van der Waals surface area contributed by atoms with Gasteiger partial charge in [-0.05, 0) is 50.2 Å². The van der Waals surface area contributed by atoms with E-state index in [1.165, 1.54) is 0 Å². The molecule has 4 rings (SSSR count). The lowest BCUT2D eigenvalue weighted by Gasteiger charge is -2.09. The molecule has 0 amide bonds. The summed E-state index contributed by atoms with van der Waals surface area (Å²) in [6.07, 6.45) is 0.627. The Kier molecular flexibility index (Phi) is 4.77. The first-order chi connectivity index (χ1) is 13.1. The predicted molar refractivity (Wildman–Crippen MR) is 104 cm³/mol. The first-order valence-electron chi connectivity index (χ1n) is 8.64. The minimum Gasteiger partial charge on any atom is -0.494 e. The van der Waals surface area contributed by atoms with Crippen molar-refractivity contribution >= 4 is 21.6 Å². The maximum absolute atomic E-state index is 5.82. The number of nitrogens with zero attached hydrogens (tertiary/aromatic N) is 3. The molecule has 0 radical (unpaired) electrons. The monoisotopic (exact) mass is 381 g/mol. The van der Waals surface area contributed by atoms with E-state index in [2.05, 4.69) is 15.2 Å². The maximum Gasteiger partial charge on any atom is 0.247 e. The number of ether oxygens (including phenoxy) is 2. The summed E-state index contributed by atoms with van der Waals surface area (Å²) in [7, 11) is 1.65. The molecule has 0 bridgehead atoms. The molecule has 2 aromatic heterocycles. The number of rotatable bonds is 6. The Morgan fingerprint density at radius 2 is 1.89 bits per heavy atom. The van der Waals surface area contributed by atoms with Gasteiger partial charge >= 0.3 is 0 Å². The van der Waals surface area contributed by atoms with E-state index < -0.39 is 0 Å². The smallest absolute Gasteiger partial charge is 0.247 e. The lowest BCUT2D eigenvalue weighted by molar-refractivity contribution is 0.242. The van der Waals surface area contributed by atoms with Gasteiger partial charge in [0.25, 0.3) is 0 Å². The van der Waals surface area contributed by atoms with Gasteiger partial charge < -0.3 is 13.9 Å². The van der Waals surface area contributed by atoms with Gasteiger partial charge in [0.05, 0.1) is 24.3 Å². The number of hydrogen-bond acceptors (Lipinski definition) is 7. The molecule has 0 spiro atoms. The quantitative estimate of drug-likeness (QED) is 0.481. The minimum atomic E-state index is 0.137. The second-order valence-corrected chi connectivity index (χ2v) is 7.40. The Bertz CT molecular complexity index is 1050. The van der Waals surface area contributed by atoms with Crippen LogP contribution in [0.15, 0.2) is 46.9 Å². The van der Waals surface area contributed by atoms with Crippen molar-refractivity contribution in [1.82, 2.24) is 15.2 Å². The largest absolute Gasteiger partial charge is 0.494 e. The van der Waals surface area contributed by atoms with Crippen LogP contribution in [0.3, 0.4) is 0 Å². The molecule has 0 saturated heterocycles. The topological polar surface area (TPSA) is 70.3 Å². The van der Waals surface area contributed by atoms with Crippen molar-refractivity contribution in [1.29, 1.82) is 0 Å². The lowest BCUT2D eigenvalue weighted by atomic mass is 10.2. The van der Waals surface area contributed by atoms with E-state index in [0.717, 1.165) is 32.3 Å². The molecular formula is C20H19N3O3S. The van der Waals surface area contributed by atoms with Gasteiger partial charge in [-0.1, -0.05) is 6.07 Å². The molecule has 0 unspecified atom stereocenters. The van der Waals surface area contributed by atoms with Crippen LogP contribution < -0.4 is 9.47 Å². The summed E-state index contributed by atoms with van der Waals surface area (Å²) in [5.41, 5.74) is 1.72. The highest BCUT2D eigenvalue weighted by Gasteiger charge is 2.14. The molecule has 27 heavy (non-hydrogen) atoms. The van der Waals surface area contributed by atoms with Crippen LogP contribution in [0.25, 0.3) is 21.7 Å². The molecule has 0 atom stereocenters. The van der Waals surface area contributed by atoms with E-state index in [4.69, 9.17) is 13.9 Å². The van der Waals surface area contributed by atoms with Gasteiger partial charge in [-0.15, -0.1) is 21.5 Å². The molecule has 7 heteroatoms. The van der Waals surface area contributed by atoms with Gasteiger partial charge in [-0.3, -0.25) is 0 Å². The first-order valence-corrected chi connectivity index (χ1v) is 9.46. The number of fused-ring (bicyclic) bond motifs is 1. The molecule has 0 fully saturated rings. The summed E-state index contributed by atoms with van der Waals surface area (Å²) in [4.78, 5) is 4.65. The molecule has 0 aliphatic rings. The summed E-state index contributed by atoms with van der Waals surface area (Å²) in [5.74, 6) is 2.60. The number of methoxy groups -OCH3 is 1. The van der Waals surface area contributed by atoms with Crippen LogP contribution in [0.5, 0.6) is 11.5 Å². The summed E-state index contributed by atoms with van der Waals surface area (Å²) in [6.45, 7) is 3.99. The fourth-order valence-electron chi connectivity index (χ4n) is 2.73. The van der Waals surface area contributed by atoms with Crippen molar-refractivity contribution in [3.05, 3.63) is 53.4 Å². The molecule has 138 valence electrons. The van der Waals surface area contributed by atoms with E-state index in [9.17, 15) is 0 Å². The molecule has 2 aromatic carbocycles. The standard InChI is InChI=1S/C20H19N3O3S/c1-12(2)25-14-9-7-13(8-10-14)20-23-22-17(26-20)11-18-21-19-15(24-3)5-4-6-16(19)27-18/h4-10,12H,11H2,1-3H3. The third-order valence-corrected chi connectivity index (χ3v) is 4.91. The fraction of sp³-hybridized carbons (Fsp3) is 0.250. The second kappa shape index (κ2) is 7.36. The number of aromatic nitrogens is 3. The molecule has 6 nitrogen and oxygen atoms in total. The normalized spacial score (nSPS) is 11.3. The van der Waals surface area contributed by atoms with Crippen LogP contribution in [0.2, 0.25) is 0 Å². The average molecular weight is 381 g/mol. The molecular weight excluding hydrogens is 362 g/mol. The number of benzene rings is 2. The fourth-order valence-corrected chi connectivity index (χ4v) is 3.70. The molecule has 0 aliphatic carbocycles. The molecule has 0 N–H and O–H groups in total. The van der Waals surface area contributed by atoms with E-state index in [-0.39, 0.29) is 6.10 Å². The highest BCUT2D eigenvalue weighted by Crippen LogP contribution is 2.31. The Morgan fingerprint density at radius 3 is 2.63 bits per heavy atom. The SMILES string of the molecule is COc1cccc2sc(Cc3nnc(-c4ccc(OC(C)C)cc4)o3)nc12. The van der Waals surface area contributed by atoms with Crippen molar-refractivity contribution in [3.8, 4) is 23.0 Å². The number of thiazole rings is 1. The highest BCUT2D eigenvalue weighted by molar-refractivity contribution is 7.18. The summed E-state index contributed by atoms with van der Waals surface area (Å²) < 4.78 is 17.9. The highest BCUT2D eigenvalue weighted by atomic mass is 32.1. The first kappa shape index (κ1) is 17.5. The van der Waals surface area contributed by atoms with Crippen LogP contribution in [-0.4, -0.2) is 28.4 Å². The Balaban J connectivity index is 1.53. The zero-order valence-corrected chi connectivity index (χ0v) is 16.1. The van der Waals surface area contributed by atoms with Crippen LogP contribution in [0, 0.1) is 0 Å². The van der Waals surface area contributed by atoms with E-state index >= 15 is 0 Å². The number of hydrogen-bond donors (Lipinski definition) is 0. The van der Waals surface area contributed by atoms with Crippen molar-refractivity contribution in [2.24, 2.45) is 0 Å². The van der Waals surface area contributed by atoms with E-state index in [1.807, 2.05) is 56.3 Å². The molecule has 0 saturated carbocycles. The van der Waals surface area contributed by atoms with Gasteiger partial charge in [0.15, 0.2) is 0 Å². The second-order valence-electron chi connectivity index (χ2n) is 6.28. The van der Waals surface area contributed by atoms with Crippen molar-refractivity contribution in [2.45, 2.75) is 26.4 Å². The van der Waals surface area contributed by atoms with Crippen molar-refractivity contribution in [3.63, 3.8) is 0 Å². The Labute approximate surface area is 160 Å². The third-order valence-electron chi connectivity index (χ3n) is 3.89. The number of para-hydroxylation sites is 1. The van der Waals surface area contributed by atoms with Gasteiger partial charge in [0.2, 0.25) is 11.8 Å². The van der Waals surface area contributed by atoms with Gasteiger partial charge in [-0.2, -0.15) is 0 Å². The Hall–Kier alpha value is -2.93. The maximum atomic E-state index is 5.82. The van der Waals surface area contributed by atoms with Gasteiger partial charge in [-0.25, -0.2) is 4.98 Å². The third kappa shape index (κ3) is 3.78. The van der Waals surface area contributed by atoms with Crippen LogP contribution >= 0.6 is 11.3 Å². The lowest BCUT2D eigenvalue weighted by Crippen LogP contribution is -2.05. The zero-order chi connectivity index (χ0) is 18.8. The van der Waals surface area contributed by atoms with Crippen LogP contribution in [0.4, 0.5) is 0 Å². The van der Waals surface area contributed by atoms with Crippen LogP contribution in [-0.2, 0) is 6.42 Å². The zero-order valence-electron chi connectivity index (χ0n) is 15.3. The van der Waals surface area contributed by atoms with Crippen LogP contribution in [0.1, 0.15) is 24.7 Å². The Morgan fingerprint density at radius 1 is 1.07 bits per heavy atom. The molecule has 0 aliphatic heterocycles. The van der Waals surface area contributed by atoms with E-state index in [1.54, 1.807) is 18.4 Å². The molecule has 2 heterocycles. The predicted octanol–water partition coefficient (Wildman–Crippen LogP) is 4.73. The van der Waals surface area contributed by atoms with Gasteiger partial charge in [0, 0.05) is 5.56 Å². The van der Waals surface area contributed by atoms with E-state index in [0.29, 0.717) is 18.2 Å². The average Bonchev–Trinajstić information content (AvgIpc) is 3.28. The minimum absolute atomic E-state index is 0.137. The van der Waals surface area contributed by atoms with Gasteiger partial charge in [0.1, 0.15) is 22.0 Å². The molecule has 4 aromatic rings.